The van der Waals surface area contributed by atoms with Gasteiger partial charge < -0.3 is 9.47 Å². The zero-order chi connectivity index (χ0) is 16.7. The van der Waals surface area contributed by atoms with E-state index < -0.39 is 5.60 Å². The monoisotopic (exact) mass is 432 g/mol. The van der Waals surface area contributed by atoms with Gasteiger partial charge in [0, 0.05) is 34.0 Å². The summed E-state index contributed by atoms with van der Waals surface area (Å²) in [4.78, 5) is 11.7. The third-order valence-electron chi connectivity index (χ3n) is 2.81. The smallest absolute Gasteiger partial charge is 0.306 e. The van der Waals surface area contributed by atoms with Crippen molar-refractivity contribution < 1.29 is 18.5 Å². The first kappa shape index (κ1) is 21.5. The molecule has 0 aromatic carbocycles. The number of hydrogen-bond acceptors (Lipinski definition) is 5. The van der Waals surface area contributed by atoms with Crippen LogP contribution in [0.25, 0.3) is 0 Å². The molecule has 6 heteroatoms. The van der Waals surface area contributed by atoms with E-state index in [0.717, 1.165) is 6.42 Å². The molecule has 0 bridgehead atoms. The molecule has 0 aliphatic carbocycles. The quantitative estimate of drug-likeness (QED) is 0.289. The molecule has 0 N–H and O–H groups in total. The SMILES string of the molecule is CC(C)(C)OC(=O)CCC(C)(C)OCCC(C)(C)OSI. The van der Waals surface area contributed by atoms with Crippen molar-refractivity contribution in [2.45, 2.75) is 84.5 Å². The van der Waals surface area contributed by atoms with Crippen molar-refractivity contribution in [3.63, 3.8) is 0 Å². The second-order valence-electron chi connectivity index (χ2n) is 7.35. The Hall–Kier alpha value is 0.470. The van der Waals surface area contributed by atoms with Gasteiger partial charge in [0.05, 0.1) is 27.0 Å². The Kier molecular flexibility index (Phi) is 9.13. The molecule has 0 aliphatic heterocycles. The average Bonchev–Trinajstić information content (AvgIpc) is 2.23. The fraction of sp³-hybridized carbons (Fsp3) is 0.933. The summed E-state index contributed by atoms with van der Waals surface area (Å²) in [7, 11) is 1.34. The zero-order valence-electron chi connectivity index (χ0n) is 14.2. The highest BCUT2D eigenvalue weighted by Gasteiger charge is 2.25. The molecular weight excluding hydrogens is 403 g/mol. The lowest BCUT2D eigenvalue weighted by atomic mass is 10.0. The van der Waals surface area contributed by atoms with Crippen molar-refractivity contribution in [3.8, 4) is 0 Å². The highest BCUT2D eigenvalue weighted by molar-refractivity contribution is 14.2. The third kappa shape index (κ3) is 12.7. The van der Waals surface area contributed by atoms with E-state index in [1.165, 1.54) is 9.21 Å². The van der Waals surface area contributed by atoms with Crippen LogP contribution in [-0.4, -0.2) is 29.4 Å². The predicted octanol–water partition coefficient (Wildman–Crippen LogP) is 5.09. The minimum absolute atomic E-state index is 0.177. The highest BCUT2D eigenvalue weighted by Crippen LogP contribution is 2.27. The number of ether oxygens (including phenoxy) is 2. The summed E-state index contributed by atoms with van der Waals surface area (Å²) >= 11 is 2.11. The zero-order valence-corrected chi connectivity index (χ0v) is 17.2. The van der Waals surface area contributed by atoms with Crippen LogP contribution >= 0.6 is 30.4 Å². The molecule has 21 heavy (non-hydrogen) atoms. The maximum atomic E-state index is 11.7. The van der Waals surface area contributed by atoms with Crippen LogP contribution in [0.15, 0.2) is 0 Å². The summed E-state index contributed by atoms with van der Waals surface area (Å²) in [6, 6.07) is 0. The molecule has 0 aromatic heterocycles. The molecule has 0 rings (SSSR count). The molecule has 0 atom stereocenters. The minimum Gasteiger partial charge on any atom is -0.460 e. The first-order valence-corrected chi connectivity index (χ1v) is 10.5. The summed E-state index contributed by atoms with van der Waals surface area (Å²) in [6.45, 7) is 14.3. The van der Waals surface area contributed by atoms with E-state index in [4.69, 9.17) is 13.7 Å². The van der Waals surface area contributed by atoms with Gasteiger partial charge in [0.15, 0.2) is 0 Å². The van der Waals surface area contributed by atoms with Crippen LogP contribution in [0.3, 0.4) is 0 Å². The summed E-state index contributed by atoms with van der Waals surface area (Å²) in [6.07, 6.45) is 1.82. The van der Waals surface area contributed by atoms with Crippen molar-refractivity contribution in [1.29, 1.82) is 0 Å². The molecule has 0 fully saturated rings. The van der Waals surface area contributed by atoms with Gasteiger partial charge in [-0.15, -0.1) is 0 Å². The Balaban J connectivity index is 4.07. The number of hydrogen-bond donors (Lipinski definition) is 0. The van der Waals surface area contributed by atoms with Gasteiger partial charge in [-0.2, -0.15) is 0 Å². The van der Waals surface area contributed by atoms with Crippen LogP contribution in [0.2, 0.25) is 0 Å². The Labute approximate surface area is 145 Å². The Morgan fingerprint density at radius 3 is 2.05 bits per heavy atom. The van der Waals surface area contributed by atoms with Gasteiger partial charge in [-0.05, 0) is 54.9 Å². The van der Waals surface area contributed by atoms with E-state index in [0.29, 0.717) is 19.4 Å². The number of carbonyl (C=O) groups is 1. The number of rotatable bonds is 9. The van der Waals surface area contributed by atoms with Crippen LogP contribution in [-0.2, 0) is 18.5 Å². The second-order valence-corrected chi connectivity index (χ2v) is 8.72. The van der Waals surface area contributed by atoms with Crippen molar-refractivity contribution in [1.82, 2.24) is 0 Å². The van der Waals surface area contributed by atoms with E-state index in [1.807, 2.05) is 48.5 Å². The molecular formula is C15H29IO4S. The van der Waals surface area contributed by atoms with Crippen molar-refractivity contribution in [2.24, 2.45) is 0 Å². The van der Waals surface area contributed by atoms with Crippen LogP contribution in [0.4, 0.5) is 0 Å². The Morgan fingerprint density at radius 2 is 1.57 bits per heavy atom. The molecule has 0 aliphatic rings. The maximum Gasteiger partial charge on any atom is 0.306 e. The van der Waals surface area contributed by atoms with Crippen molar-refractivity contribution >= 4 is 36.4 Å². The molecule has 0 unspecified atom stereocenters. The summed E-state index contributed by atoms with van der Waals surface area (Å²) in [5.74, 6) is -0.177. The lowest BCUT2D eigenvalue weighted by molar-refractivity contribution is -0.156. The molecule has 0 aromatic rings. The number of esters is 1. The topological polar surface area (TPSA) is 44.8 Å². The average molecular weight is 432 g/mol. The number of carbonyl (C=O) groups excluding carboxylic acids is 1. The van der Waals surface area contributed by atoms with Gasteiger partial charge in [-0.25, -0.2) is 0 Å². The van der Waals surface area contributed by atoms with Gasteiger partial charge >= 0.3 is 5.97 Å². The molecule has 0 spiro atoms. The Morgan fingerprint density at radius 1 is 1.00 bits per heavy atom. The van der Waals surface area contributed by atoms with E-state index >= 15 is 0 Å². The van der Waals surface area contributed by atoms with Crippen molar-refractivity contribution in [2.75, 3.05) is 6.61 Å². The Bertz CT molecular complexity index is 324. The third-order valence-corrected chi connectivity index (χ3v) is 3.86. The fourth-order valence-corrected chi connectivity index (χ4v) is 3.28. The number of halogens is 1. The van der Waals surface area contributed by atoms with Crippen LogP contribution < -0.4 is 0 Å². The lowest BCUT2D eigenvalue weighted by Gasteiger charge is -2.29. The van der Waals surface area contributed by atoms with Crippen molar-refractivity contribution in [3.05, 3.63) is 0 Å². The van der Waals surface area contributed by atoms with Gasteiger partial charge in [0.2, 0.25) is 0 Å². The van der Waals surface area contributed by atoms with Gasteiger partial charge in [0.25, 0.3) is 0 Å². The van der Waals surface area contributed by atoms with E-state index in [9.17, 15) is 4.79 Å². The molecule has 0 amide bonds. The maximum absolute atomic E-state index is 11.7. The first-order chi connectivity index (χ1) is 9.37. The van der Waals surface area contributed by atoms with E-state index in [2.05, 4.69) is 21.2 Å². The molecule has 126 valence electrons. The largest absolute Gasteiger partial charge is 0.460 e. The van der Waals surface area contributed by atoms with E-state index in [-0.39, 0.29) is 17.2 Å². The van der Waals surface area contributed by atoms with Crippen LogP contribution in [0.5, 0.6) is 0 Å². The second kappa shape index (κ2) is 8.93. The predicted molar refractivity (Wildman–Crippen MR) is 96.5 cm³/mol. The van der Waals surface area contributed by atoms with Crippen LogP contribution in [0, 0.1) is 0 Å². The van der Waals surface area contributed by atoms with Gasteiger partial charge in [0.1, 0.15) is 5.60 Å². The van der Waals surface area contributed by atoms with Crippen LogP contribution in [0.1, 0.15) is 67.7 Å². The minimum atomic E-state index is -0.430. The highest BCUT2D eigenvalue weighted by atomic mass is 127. The standard InChI is InChI=1S/C15H29IO4S/c1-13(2,3)19-12(17)8-9-14(4,5)18-11-10-15(6,7)20-21-16/h8-11H2,1-7H3. The normalized spacial score (nSPS) is 13.3. The molecule has 0 heterocycles. The fourth-order valence-electron chi connectivity index (χ4n) is 1.57. The summed E-state index contributed by atoms with van der Waals surface area (Å²) in [5, 5.41) is 0. The lowest BCUT2D eigenvalue weighted by Crippen LogP contribution is -2.31. The first-order valence-electron chi connectivity index (χ1n) is 7.19. The molecule has 4 nitrogen and oxygen atoms in total. The summed E-state index contributed by atoms with van der Waals surface area (Å²) in [5.41, 5.74) is -0.988. The van der Waals surface area contributed by atoms with Gasteiger partial charge in [-0.3, -0.25) is 8.98 Å². The molecule has 0 radical (unpaired) electrons. The van der Waals surface area contributed by atoms with Gasteiger partial charge in [-0.1, -0.05) is 0 Å². The molecule has 0 saturated carbocycles. The summed E-state index contributed by atoms with van der Waals surface area (Å²) < 4.78 is 16.7. The molecule has 0 saturated heterocycles. The van der Waals surface area contributed by atoms with E-state index in [1.54, 1.807) is 0 Å².